The van der Waals surface area contributed by atoms with Gasteiger partial charge in [-0.1, -0.05) is 19.9 Å². The van der Waals surface area contributed by atoms with Crippen molar-refractivity contribution >= 4 is 23.7 Å². The fraction of sp³-hybridized carbons (Fsp3) is 0.875. The van der Waals surface area contributed by atoms with Crippen LogP contribution in [0.3, 0.4) is 0 Å². The fourth-order valence-corrected chi connectivity index (χ4v) is 13.6. The van der Waals surface area contributed by atoms with Crippen molar-refractivity contribution in [3.8, 4) is 0 Å². The van der Waals surface area contributed by atoms with Crippen LogP contribution in [0.25, 0.3) is 0 Å². The Morgan fingerprint density at radius 2 is 1.54 bits per heavy atom. The molecule has 4 saturated carbocycles. The molecule has 4 aliphatic carbocycles. The number of aliphatic hydroxyl groups is 6. The summed E-state index contributed by atoms with van der Waals surface area (Å²) in [6.07, 6.45) is -14.7. The van der Waals surface area contributed by atoms with Crippen LogP contribution in [0.4, 0.5) is 0 Å². The van der Waals surface area contributed by atoms with Crippen molar-refractivity contribution in [3.63, 3.8) is 0 Å². The van der Waals surface area contributed by atoms with Crippen molar-refractivity contribution < 1.29 is 97.2 Å². The van der Waals surface area contributed by atoms with E-state index in [0.29, 0.717) is 50.5 Å². The van der Waals surface area contributed by atoms with Crippen molar-refractivity contribution in [2.24, 2.45) is 28.6 Å². The van der Waals surface area contributed by atoms with Crippen LogP contribution in [-0.2, 0) is 66.5 Å². The van der Waals surface area contributed by atoms with Crippen LogP contribution in [-0.4, -0.2) is 184 Å². The van der Waals surface area contributed by atoms with E-state index in [2.05, 4.69) is 6.92 Å². The molecule has 0 unspecified atom stereocenters. The van der Waals surface area contributed by atoms with Crippen LogP contribution < -0.4 is 0 Å². The first-order valence-electron chi connectivity index (χ1n) is 24.1. The average molecular weight is 971 g/mol. The van der Waals surface area contributed by atoms with Gasteiger partial charge in [-0.05, 0) is 90.9 Å². The number of carbonyl (C=O) groups is 4. The van der Waals surface area contributed by atoms with Gasteiger partial charge in [0.15, 0.2) is 12.6 Å². The highest BCUT2D eigenvalue weighted by molar-refractivity contribution is 5.88. The Hall–Kier alpha value is -2.70. The number of epoxide rings is 1. The first-order valence-corrected chi connectivity index (χ1v) is 24.1. The Kier molecular flexibility index (Phi) is 15.7. The van der Waals surface area contributed by atoms with E-state index >= 15 is 0 Å². The van der Waals surface area contributed by atoms with E-state index in [1.807, 2.05) is 6.92 Å². The van der Waals surface area contributed by atoms with Gasteiger partial charge < -0.3 is 78.0 Å². The third-order valence-corrected chi connectivity index (χ3v) is 17.2. The van der Waals surface area contributed by atoms with Crippen LogP contribution in [0.2, 0.25) is 0 Å². The molecule has 0 bridgehead atoms. The fourth-order valence-electron chi connectivity index (χ4n) is 13.6. The number of methoxy groups -OCH3 is 2. The number of fused-ring (bicyclic) bond motifs is 2. The molecule has 386 valence electrons. The van der Waals surface area contributed by atoms with E-state index in [-0.39, 0.29) is 18.1 Å². The minimum absolute atomic E-state index is 0.0248. The molecule has 3 heterocycles. The van der Waals surface area contributed by atoms with Crippen LogP contribution >= 0.6 is 0 Å². The Morgan fingerprint density at radius 3 is 2.15 bits per heavy atom. The molecule has 7 fully saturated rings. The second-order valence-corrected chi connectivity index (χ2v) is 20.8. The molecular formula is C48H74O20. The van der Waals surface area contributed by atoms with Gasteiger partial charge in [0.2, 0.25) is 0 Å². The van der Waals surface area contributed by atoms with Gasteiger partial charge in [0.25, 0.3) is 0 Å². The van der Waals surface area contributed by atoms with Crippen LogP contribution in [0.5, 0.6) is 0 Å². The number of ketones is 1. The summed E-state index contributed by atoms with van der Waals surface area (Å²) in [5.74, 6) is -2.64. The van der Waals surface area contributed by atoms with Gasteiger partial charge in [-0.15, -0.1) is 0 Å². The zero-order chi connectivity index (χ0) is 50.0. The summed E-state index contributed by atoms with van der Waals surface area (Å²) in [5.41, 5.74) is -2.58. The van der Waals surface area contributed by atoms with Gasteiger partial charge in [-0.2, -0.15) is 0 Å². The van der Waals surface area contributed by atoms with Crippen LogP contribution in [0.15, 0.2) is 11.6 Å². The molecule has 6 N–H and O–H groups in total. The molecule has 3 aliphatic heterocycles. The summed E-state index contributed by atoms with van der Waals surface area (Å²) in [4.78, 5) is 53.8. The maximum absolute atomic E-state index is 13.8. The quantitative estimate of drug-likeness (QED) is 0.0543. The number of hydrogen-bond acceptors (Lipinski definition) is 20. The smallest absolute Gasteiger partial charge is 0.333 e. The molecule has 3 saturated heterocycles. The predicted molar refractivity (Wildman–Crippen MR) is 233 cm³/mol. The summed E-state index contributed by atoms with van der Waals surface area (Å²) in [5, 5.41) is 63.1. The van der Waals surface area contributed by atoms with Gasteiger partial charge in [-0.25, -0.2) is 4.79 Å². The number of allylic oxidation sites excluding steroid dienone is 1. The number of rotatable bonds is 16. The lowest BCUT2D eigenvalue weighted by Gasteiger charge is -2.61. The second kappa shape index (κ2) is 20.1. The van der Waals surface area contributed by atoms with Gasteiger partial charge in [-0.3, -0.25) is 14.4 Å². The predicted octanol–water partition coefficient (Wildman–Crippen LogP) is 0.928. The Bertz CT molecular complexity index is 1890. The molecule has 0 aromatic rings. The summed E-state index contributed by atoms with van der Waals surface area (Å²) >= 11 is 0. The zero-order valence-corrected chi connectivity index (χ0v) is 40.8. The van der Waals surface area contributed by atoms with Crippen molar-refractivity contribution in [2.45, 2.75) is 216 Å². The van der Waals surface area contributed by atoms with E-state index < -0.39 is 156 Å². The third-order valence-electron chi connectivity index (χ3n) is 17.2. The molecule has 7 rings (SSSR count). The number of ether oxygens (including phenoxy) is 10. The number of aliphatic hydroxyl groups excluding tert-OH is 6. The molecular weight excluding hydrogens is 897 g/mol. The standard InChI is InChI=1S/C48H74O20/c1-11-21(2)42(58)65-39-40-45(7)15-13-27(18-26(45)12-16-47(40)48(68-47)17-14-28(22(3)50)46(48,8)41(39)62-25(6)52)63-31(53)19-29(59-9)36(23(4)51)66-44-35(57)38(60-10)37(24(5)61-44)67-43-34(56)33(55)32(54)30(20-49)64-43/h11,23-24,26-30,32-41,43-44,49,51,54-57H,12-20H2,1-10H3/b21-11+/t23-,24-,26+,27+,28+,29-,30-,32-,33+,34-,35-,36-,37-,38+,39+,40-,41-,43+,44+,45+,46+,47+,48-/m1/s1. The van der Waals surface area contributed by atoms with E-state index in [4.69, 9.17) is 47.4 Å². The lowest BCUT2D eigenvalue weighted by Crippen LogP contribution is -2.70. The van der Waals surface area contributed by atoms with Crippen LogP contribution in [0, 0.1) is 28.6 Å². The lowest BCUT2D eigenvalue weighted by atomic mass is 9.43. The summed E-state index contributed by atoms with van der Waals surface area (Å²) in [6, 6.07) is 0. The number of hydrogen-bond donors (Lipinski definition) is 6. The molecule has 20 nitrogen and oxygen atoms in total. The minimum Gasteiger partial charge on any atom is -0.462 e. The highest BCUT2D eigenvalue weighted by Crippen LogP contribution is 2.81. The van der Waals surface area contributed by atoms with Crippen LogP contribution in [0.1, 0.15) is 107 Å². The Morgan fingerprint density at radius 1 is 0.838 bits per heavy atom. The summed E-state index contributed by atoms with van der Waals surface area (Å²) in [6.45, 7) is 12.7. The average Bonchev–Trinajstić information content (AvgIpc) is 3.84. The summed E-state index contributed by atoms with van der Waals surface area (Å²) in [7, 11) is 2.64. The van der Waals surface area contributed by atoms with Crippen molar-refractivity contribution in [1.82, 2.24) is 0 Å². The van der Waals surface area contributed by atoms with E-state index in [1.165, 1.54) is 28.1 Å². The number of esters is 3. The first kappa shape index (κ1) is 53.1. The van der Waals surface area contributed by atoms with Crippen molar-refractivity contribution in [2.75, 3.05) is 20.8 Å². The first-order chi connectivity index (χ1) is 32.0. The number of carbonyl (C=O) groups excluding carboxylic acids is 4. The zero-order valence-electron chi connectivity index (χ0n) is 40.8. The Balaban J connectivity index is 1.04. The van der Waals surface area contributed by atoms with Gasteiger partial charge >= 0.3 is 17.9 Å². The maximum Gasteiger partial charge on any atom is 0.333 e. The van der Waals surface area contributed by atoms with Gasteiger partial charge in [0.05, 0.1) is 31.3 Å². The highest BCUT2D eigenvalue weighted by Gasteiger charge is 2.91. The molecule has 20 heteroatoms. The van der Waals surface area contributed by atoms with E-state index in [9.17, 15) is 49.8 Å². The molecule has 23 atom stereocenters. The minimum atomic E-state index is -1.72. The molecule has 0 amide bonds. The number of Topliss-reactive ketones (excluding diaryl/α,β-unsaturated/α-hetero) is 1. The molecule has 2 spiro atoms. The largest absolute Gasteiger partial charge is 0.462 e. The molecule has 0 radical (unpaired) electrons. The van der Waals surface area contributed by atoms with Gasteiger partial charge in [0.1, 0.15) is 84.1 Å². The molecule has 7 aliphatic rings. The Labute approximate surface area is 397 Å². The van der Waals surface area contributed by atoms with Gasteiger partial charge in [0, 0.05) is 44.0 Å². The molecule has 0 aromatic carbocycles. The van der Waals surface area contributed by atoms with E-state index in [1.54, 1.807) is 33.8 Å². The third kappa shape index (κ3) is 8.78. The lowest BCUT2D eigenvalue weighted by molar-refractivity contribution is -0.364. The van der Waals surface area contributed by atoms with E-state index in [0.717, 1.165) is 0 Å². The highest BCUT2D eigenvalue weighted by atomic mass is 16.7. The second-order valence-electron chi connectivity index (χ2n) is 20.8. The summed E-state index contributed by atoms with van der Waals surface area (Å²) < 4.78 is 60.8. The maximum atomic E-state index is 13.8. The topological polar surface area (TPSA) is 285 Å². The molecule has 0 aromatic heterocycles. The van der Waals surface area contributed by atoms with Crippen molar-refractivity contribution in [1.29, 1.82) is 0 Å². The molecule has 68 heavy (non-hydrogen) atoms. The van der Waals surface area contributed by atoms with Crippen molar-refractivity contribution in [3.05, 3.63) is 11.6 Å². The monoisotopic (exact) mass is 970 g/mol. The SMILES string of the molecule is C/C=C(\C)C(=O)O[C@@H]1[C@@H](OC(C)=O)[C@]2(C)[C@H](C(C)=O)CC[C@@]23O[C@]32CC[C@H]3C[C@@H](OC(=O)C[C@@H](OC)[C@H](O[C@@H]4O[C@H](C)[C@@H](O[C@@H]5O[C@H](CO)[C@@H](O)[C@H](O)[C@H]5O)[C@@H](OC)[C@H]4O)[C@@H](C)O)CC[C@]3(C)[C@@H]12. The normalized spacial score (nSPS) is 46.7.